The third-order valence-electron chi connectivity index (χ3n) is 2.92. The van der Waals surface area contributed by atoms with Crippen molar-refractivity contribution >= 4 is 0 Å². The number of halogens is 5. The van der Waals surface area contributed by atoms with Crippen LogP contribution in [0.5, 0.6) is 0 Å². The molecule has 0 bridgehead atoms. The Morgan fingerprint density at radius 1 is 1.19 bits per heavy atom. The summed E-state index contributed by atoms with van der Waals surface area (Å²) < 4.78 is 65.4. The minimum atomic E-state index is -4.76. The molecule has 1 aromatic carbocycles. The first-order valence-corrected chi connectivity index (χ1v) is 5.73. The maximum Gasteiger partial charge on any atom is 0.433 e. The average Bonchev–Trinajstić information content (AvgIpc) is 2.32. The van der Waals surface area contributed by atoms with Crippen LogP contribution in [-0.4, -0.2) is 9.55 Å². The van der Waals surface area contributed by atoms with Gasteiger partial charge >= 0.3 is 6.18 Å². The summed E-state index contributed by atoms with van der Waals surface area (Å²) in [4.78, 5) is 15.5. The largest absolute Gasteiger partial charge is 0.433 e. The van der Waals surface area contributed by atoms with E-state index in [1.807, 2.05) is 0 Å². The second-order valence-electron chi connectivity index (χ2n) is 4.38. The van der Waals surface area contributed by atoms with Crippen LogP contribution in [0, 0.1) is 18.6 Å². The van der Waals surface area contributed by atoms with Gasteiger partial charge in [-0.3, -0.25) is 4.79 Å². The molecule has 112 valence electrons. The van der Waals surface area contributed by atoms with Crippen LogP contribution in [0.2, 0.25) is 0 Å². The number of hydrogen-bond acceptors (Lipinski definition) is 2. The highest BCUT2D eigenvalue weighted by Crippen LogP contribution is 2.31. The first kappa shape index (κ1) is 15.1. The molecule has 3 nitrogen and oxygen atoms in total. The number of hydrogen-bond donors (Lipinski definition) is 0. The number of alkyl halides is 3. The molecular weight excluding hydrogens is 295 g/mol. The minimum absolute atomic E-state index is 0.353. The number of rotatable bonds is 1. The van der Waals surface area contributed by atoms with Gasteiger partial charge in [0.2, 0.25) is 0 Å². The third kappa shape index (κ3) is 2.65. The van der Waals surface area contributed by atoms with Crippen molar-refractivity contribution in [2.24, 2.45) is 7.05 Å². The first-order valence-electron chi connectivity index (χ1n) is 5.73. The Hall–Kier alpha value is -2.25. The molecule has 0 spiro atoms. The van der Waals surface area contributed by atoms with Gasteiger partial charge in [-0.05, 0) is 19.1 Å². The van der Waals surface area contributed by atoms with Gasteiger partial charge in [0.1, 0.15) is 23.0 Å². The quantitative estimate of drug-likeness (QED) is 0.759. The fraction of sp³-hybridized carbons (Fsp3) is 0.231. The zero-order valence-electron chi connectivity index (χ0n) is 10.9. The summed E-state index contributed by atoms with van der Waals surface area (Å²) in [7, 11) is 0.921. The highest BCUT2D eigenvalue weighted by Gasteiger charge is 2.37. The fourth-order valence-corrected chi connectivity index (χ4v) is 2.02. The van der Waals surface area contributed by atoms with E-state index in [-0.39, 0.29) is 5.56 Å². The van der Waals surface area contributed by atoms with Crippen LogP contribution in [-0.2, 0) is 13.2 Å². The van der Waals surface area contributed by atoms with Crippen LogP contribution in [0.1, 0.15) is 11.4 Å². The van der Waals surface area contributed by atoms with Crippen LogP contribution < -0.4 is 5.56 Å². The predicted octanol–water partition coefficient (Wildman–Crippen LogP) is 3.05. The molecule has 21 heavy (non-hydrogen) atoms. The van der Waals surface area contributed by atoms with E-state index in [4.69, 9.17) is 0 Å². The van der Waals surface area contributed by atoms with Crippen molar-refractivity contribution in [3.05, 3.63) is 51.6 Å². The lowest BCUT2D eigenvalue weighted by Crippen LogP contribution is -2.29. The Kier molecular flexibility index (Phi) is 3.56. The topological polar surface area (TPSA) is 34.9 Å². The van der Waals surface area contributed by atoms with Gasteiger partial charge in [-0.15, -0.1) is 0 Å². The highest BCUT2D eigenvalue weighted by atomic mass is 19.4. The Balaban J connectivity index is 2.77. The van der Waals surface area contributed by atoms with Crippen molar-refractivity contribution in [2.45, 2.75) is 13.1 Å². The lowest BCUT2D eigenvalue weighted by atomic mass is 10.1. The van der Waals surface area contributed by atoms with E-state index >= 15 is 0 Å². The van der Waals surface area contributed by atoms with E-state index in [2.05, 4.69) is 4.98 Å². The van der Waals surface area contributed by atoms with Crippen LogP contribution in [0.15, 0.2) is 23.0 Å². The van der Waals surface area contributed by atoms with Crippen molar-refractivity contribution in [3.63, 3.8) is 0 Å². The molecule has 2 aromatic rings. The third-order valence-corrected chi connectivity index (χ3v) is 2.92. The lowest BCUT2D eigenvalue weighted by molar-refractivity contribution is -0.144. The number of nitrogens with zero attached hydrogens (tertiary/aromatic N) is 2. The monoisotopic (exact) mass is 304 g/mol. The van der Waals surface area contributed by atoms with E-state index in [9.17, 15) is 26.7 Å². The Bertz CT molecular complexity index is 764. The van der Waals surface area contributed by atoms with Gasteiger partial charge < -0.3 is 4.57 Å². The highest BCUT2D eigenvalue weighted by molar-refractivity contribution is 5.59. The average molecular weight is 304 g/mol. The maximum atomic E-state index is 13.7. The SMILES string of the molecule is Cc1nc(-c2ccc(F)cc2F)c(=O)n(C)c1C(F)(F)F. The number of aryl methyl sites for hydroxylation is 1. The second kappa shape index (κ2) is 4.94. The molecule has 0 unspecified atom stereocenters. The van der Waals surface area contributed by atoms with Crippen LogP contribution in [0.3, 0.4) is 0 Å². The number of benzene rings is 1. The molecule has 0 aliphatic heterocycles. The van der Waals surface area contributed by atoms with Gasteiger partial charge in [0.05, 0.1) is 5.69 Å². The van der Waals surface area contributed by atoms with Crippen molar-refractivity contribution in [3.8, 4) is 11.3 Å². The molecular formula is C13H9F5N2O. The lowest BCUT2D eigenvalue weighted by Gasteiger charge is -2.15. The van der Waals surface area contributed by atoms with E-state index in [0.29, 0.717) is 10.6 Å². The van der Waals surface area contributed by atoms with Gasteiger partial charge in [0, 0.05) is 18.7 Å². The fourth-order valence-electron chi connectivity index (χ4n) is 2.02. The summed E-state index contributed by atoms with van der Waals surface area (Å²) in [5.74, 6) is -1.93. The molecule has 0 N–H and O–H groups in total. The number of aromatic nitrogens is 2. The Morgan fingerprint density at radius 2 is 1.81 bits per heavy atom. The molecule has 1 aromatic heterocycles. The normalized spacial score (nSPS) is 11.8. The molecule has 0 atom stereocenters. The standard InChI is InChI=1S/C13H9F5N2O/c1-6-11(13(16,17)18)20(2)12(21)10(19-6)8-4-3-7(14)5-9(8)15/h3-5H,1-2H3. The summed E-state index contributed by atoms with van der Waals surface area (Å²) in [6.07, 6.45) is -4.76. The summed E-state index contributed by atoms with van der Waals surface area (Å²) in [5, 5.41) is 0. The summed E-state index contributed by atoms with van der Waals surface area (Å²) in [6.45, 7) is 1.06. The summed E-state index contributed by atoms with van der Waals surface area (Å²) >= 11 is 0. The molecule has 0 amide bonds. The molecule has 0 aliphatic rings. The Morgan fingerprint density at radius 3 is 2.33 bits per heavy atom. The zero-order chi connectivity index (χ0) is 15.9. The van der Waals surface area contributed by atoms with Gasteiger partial charge in [0.15, 0.2) is 0 Å². The predicted molar refractivity (Wildman–Crippen MR) is 64.6 cm³/mol. The molecule has 0 radical (unpaired) electrons. The zero-order valence-corrected chi connectivity index (χ0v) is 10.9. The van der Waals surface area contributed by atoms with Crippen LogP contribution in [0.25, 0.3) is 11.3 Å². The van der Waals surface area contributed by atoms with Gasteiger partial charge in [-0.25, -0.2) is 13.8 Å². The molecule has 2 rings (SSSR count). The molecule has 8 heteroatoms. The molecule has 0 fully saturated rings. The summed E-state index contributed by atoms with van der Waals surface area (Å²) in [5.41, 5.74) is -3.64. The van der Waals surface area contributed by atoms with Gasteiger partial charge in [-0.2, -0.15) is 13.2 Å². The molecule has 0 saturated carbocycles. The van der Waals surface area contributed by atoms with Crippen molar-refractivity contribution < 1.29 is 22.0 Å². The van der Waals surface area contributed by atoms with E-state index in [0.717, 1.165) is 26.1 Å². The van der Waals surface area contributed by atoms with Gasteiger partial charge in [0.25, 0.3) is 5.56 Å². The van der Waals surface area contributed by atoms with E-state index in [1.54, 1.807) is 0 Å². The van der Waals surface area contributed by atoms with Crippen molar-refractivity contribution in [1.29, 1.82) is 0 Å². The Labute approximate surface area is 115 Å². The maximum absolute atomic E-state index is 13.7. The first-order chi connectivity index (χ1) is 9.62. The summed E-state index contributed by atoms with van der Waals surface area (Å²) in [6, 6.07) is 2.39. The molecule has 0 aliphatic carbocycles. The van der Waals surface area contributed by atoms with Crippen molar-refractivity contribution in [2.75, 3.05) is 0 Å². The van der Waals surface area contributed by atoms with E-state index < -0.39 is 40.5 Å². The van der Waals surface area contributed by atoms with Crippen molar-refractivity contribution in [1.82, 2.24) is 9.55 Å². The smallest absolute Gasteiger partial charge is 0.304 e. The van der Waals surface area contributed by atoms with E-state index in [1.165, 1.54) is 0 Å². The molecule has 1 heterocycles. The molecule has 0 saturated heterocycles. The van der Waals surface area contributed by atoms with Crippen LogP contribution in [0.4, 0.5) is 22.0 Å². The van der Waals surface area contributed by atoms with Gasteiger partial charge in [-0.1, -0.05) is 0 Å². The second-order valence-corrected chi connectivity index (χ2v) is 4.38. The van der Waals surface area contributed by atoms with Crippen LogP contribution >= 0.6 is 0 Å². The minimum Gasteiger partial charge on any atom is -0.304 e.